The summed E-state index contributed by atoms with van der Waals surface area (Å²) in [5, 5.41) is 5.77. The maximum absolute atomic E-state index is 12.5. The molecule has 27 heavy (non-hydrogen) atoms. The van der Waals surface area contributed by atoms with Crippen LogP contribution in [0.1, 0.15) is 44.4 Å². The Morgan fingerprint density at radius 1 is 0.963 bits per heavy atom. The Morgan fingerprint density at radius 3 is 2.15 bits per heavy atom. The van der Waals surface area contributed by atoms with Crippen molar-refractivity contribution < 1.29 is 9.59 Å². The molecule has 0 aliphatic rings. The summed E-state index contributed by atoms with van der Waals surface area (Å²) in [5.74, 6) is -0.286. The molecule has 0 saturated carbocycles. The minimum atomic E-state index is -0.342. The molecule has 0 heterocycles. The van der Waals surface area contributed by atoms with Crippen molar-refractivity contribution in [2.24, 2.45) is 0 Å². The summed E-state index contributed by atoms with van der Waals surface area (Å²) >= 11 is 0. The molecule has 144 valence electrons. The van der Waals surface area contributed by atoms with Crippen LogP contribution in [0.4, 0.5) is 5.69 Å². The lowest BCUT2D eigenvalue weighted by Gasteiger charge is -2.19. The van der Waals surface area contributed by atoms with Crippen molar-refractivity contribution in [1.29, 1.82) is 0 Å². The Kier molecular flexibility index (Phi) is 8.01. The Bertz CT molecular complexity index is 725. The van der Waals surface area contributed by atoms with Gasteiger partial charge in [-0.05, 0) is 36.3 Å². The van der Waals surface area contributed by atoms with Crippen LogP contribution in [0, 0.1) is 0 Å². The molecular formula is C22H29N3O2. The van der Waals surface area contributed by atoms with Gasteiger partial charge in [0, 0.05) is 19.2 Å². The maximum atomic E-state index is 12.5. The molecule has 0 saturated heterocycles. The molecule has 2 aromatic rings. The SMILES string of the molecule is CCN(CC)Cc1ccc(NC(=O)C[C@@H](NC(C)=O)c2ccccc2)cc1. The molecule has 5 nitrogen and oxygen atoms in total. The Hall–Kier alpha value is -2.66. The van der Waals surface area contributed by atoms with Crippen molar-refractivity contribution in [2.45, 2.75) is 39.8 Å². The topological polar surface area (TPSA) is 61.4 Å². The Labute approximate surface area is 161 Å². The fraction of sp³-hybridized carbons (Fsp3) is 0.364. The number of rotatable bonds is 9. The predicted octanol–water partition coefficient (Wildman–Crippen LogP) is 3.73. The number of carbonyl (C=O) groups excluding carboxylic acids is 2. The van der Waals surface area contributed by atoms with Crippen molar-refractivity contribution in [2.75, 3.05) is 18.4 Å². The summed E-state index contributed by atoms with van der Waals surface area (Å²) in [5.41, 5.74) is 2.90. The van der Waals surface area contributed by atoms with E-state index in [1.54, 1.807) is 0 Å². The van der Waals surface area contributed by atoms with Crippen molar-refractivity contribution in [3.63, 3.8) is 0 Å². The minimum absolute atomic E-state index is 0.130. The van der Waals surface area contributed by atoms with Gasteiger partial charge in [0.25, 0.3) is 0 Å². The van der Waals surface area contributed by atoms with Crippen LogP contribution in [0.3, 0.4) is 0 Å². The van der Waals surface area contributed by atoms with E-state index in [1.807, 2.05) is 54.6 Å². The third-order valence-electron chi connectivity index (χ3n) is 4.51. The van der Waals surface area contributed by atoms with E-state index in [0.29, 0.717) is 0 Å². The average Bonchev–Trinajstić information content (AvgIpc) is 2.67. The molecule has 2 aromatic carbocycles. The zero-order valence-corrected chi connectivity index (χ0v) is 16.4. The molecule has 0 aliphatic heterocycles. The highest BCUT2D eigenvalue weighted by molar-refractivity contribution is 5.91. The van der Waals surface area contributed by atoms with E-state index >= 15 is 0 Å². The molecule has 0 bridgehead atoms. The van der Waals surface area contributed by atoms with E-state index in [1.165, 1.54) is 12.5 Å². The van der Waals surface area contributed by atoms with Gasteiger partial charge in [0.2, 0.25) is 11.8 Å². The summed E-state index contributed by atoms with van der Waals surface area (Å²) in [7, 11) is 0. The van der Waals surface area contributed by atoms with Gasteiger partial charge in [0.05, 0.1) is 12.5 Å². The van der Waals surface area contributed by atoms with Crippen LogP contribution in [0.25, 0.3) is 0 Å². The van der Waals surface area contributed by atoms with Gasteiger partial charge >= 0.3 is 0 Å². The summed E-state index contributed by atoms with van der Waals surface area (Å²) in [4.78, 5) is 26.3. The predicted molar refractivity (Wildman–Crippen MR) is 109 cm³/mol. The number of hydrogen-bond donors (Lipinski definition) is 2. The molecule has 0 radical (unpaired) electrons. The van der Waals surface area contributed by atoms with E-state index in [4.69, 9.17) is 0 Å². The maximum Gasteiger partial charge on any atom is 0.226 e. The third-order valence-corrected chi connectivity index (χ3v) is 4.51. The molecule has 2 rings (SSSR count). The van der Waals surface area contributed by atoms with Crippen molar-refractivity contribution >= 4 is 17.5 Å². The quantitative estimate of drug-likeness (QED) is 0.710. The highest BCUT2D eigenvalue weighted by Gasteiger charge is 2.17. The highest BCUT2D eigenvalue weighted by Crippen LogP contribution is 2.18. The molecule has 0 aliphatic carbocycles. The molecule has 2 N–H and O–H groups in total. The van der Waals surface area contributed by atoms with Gasteiger partial charge < -0.3 is 10.6 Å². The standard InChI is InChI=1S/C22H29N3O2/c1-4-25(5-2)16-18-11-13-20(14-12-18)24-22(27)15-21(23-17(3)26)19-9-7-6-8-10-19/h6-14,21H,4-5,15-16H2,1-3H3,(H,23,26)(H,24,27)/t21-/m1/s1. The van der Waals surface area contributed by atoms with Crippen molar-refractivity contribution in [3.8, 4) is 0 Å². The van der Waals surface area contributed by atoms with Gasteiger partial charge in [-0.3, -0.25) is 14.5 Å². The zero-order valence-electron chi connectivity index (χ0n) is 16.4. The van der Waals surface area contributed by atoms with E-state index in [0.717, 1.165) is 30.9 Å². The second-order valence-corrected chi connectivity index (χ2v) is 6.57. The van der Waals surface area contributed by atoms with Crippen LogP contribution in [0.5, 0.6) is 0 Å². The third kappa shape index (κ3) is 6.87. The molecule has 0 spiro atoms. The van der Waals surface area contributed by atoms with E-state index in [9.17, 15) is 9.59 Å². The summed E-state index contributed by atoms with van der Waals surface area (Å²) < 4.78 is 0. The van der Waals surface area contributed by atoms with Crippen LogP contribution < -0.4 is 10.6 Å². The lowest BCUT2D eigenvalue weighted by Crippen LogP contribution is -2.29. The molecule has 0 unspecified atom stereocenters. The van der Waals surface area contributed by atoms with Crippen LogP contribution in [0.15, 0.2) is 54.6 Å². The van der Waals surface area contributed by atoms with Gasteiger partial charge in [0.15, 0.2) is 0 Å². The average molecular weight is 367 g/mol. The van der Waals surface area contributed by atoms with Crippen LogP contribution in [0.2, 0.25) is 0 Å². The number of nitrogens with one attached hydrogen (secondary N) is 2. The Balaban J connectivity index is 1.97. The molecule has 1 atom stereocenters. The molecule has 0 fully saturated rings. The van der Waals surface area contributed by atoms with Gasteiger partial charge in [-0.2, -0.15) is 0 Å². The van der Waals surface area contributed by atoms with E-state index < -0.39 is 0 Å². The van der Waals surface area contributed by atoms with Gasteiger partial charge in [-0.25, -0.2) is 0 Å². The monoisotopic (exact) mass is 367 g/mol. The lowest BCUT2D eigenvalue weighted by atomic mass is 10.0. The largest absolute Gasteiger partial charge is 0.349 e. The zero-order chi connectivity index (χ0) is 19.6. The number of amides is 2. The van der Waals surface area contributed by atoms with Gasteiger partial charge in [-0.1, -0.05) is 56.3 Å². The van der Waals surface area contributed by atoms with E-state index in [-0.39, 0.29) is 24.3 Å². The summed E-state index contributed by atoms with van der Waals surface area (Å²) in [6, 6.07) is 17.1. The number of hydrogen-bond acceptors (Lipinski definition) is 3. The van der Waals surface area contributed by atoms with Crippen LogP contribution in [-0.2, 0) is 16.1 Å². The number of carbonyl (C=O) groups is 2. The number of anilines is 1. The fourth-order valence-corrected chi connectivity index (χ4v) is 2.98. The Morgan fingerprint density at radius 2 is 1.59 bits per heavy atom. The first-order chi connectivity index (χ1) is 13.0. The highest BCUT2D eigenvalue weighted by atomic mass is 16.2. The first-order valence-corrected chi connectivity index (χ1v) is 9.45. The van der Waals surface area contributed by atoms with Crippen molar-refractivity contribution in [1.82, 2.24) is 10.2 Å². The van der Waals surface area contributed by atoms with Crippen LogP contribution >= 0.6 is 0 Å². The number of benzene rings is 2. The minimum Gasteiger partial charge on any atom is -0.349 e. The first kappa shape index (κ1) is 20.6. The molecular weight excluding hydrogens is 338 g/mol. The number of nitrogens with zero attached hydrogens (tertiary/aromatic N) is 1. The lowest BCUT2D eigenvalue weighted by molar-refractivity contribution is -0.120. The molecule has 5 heteroatoms. The van der Waals surface area contributed by atoms with Crippen molar-refractivity contribution in [3.05, 3.63) is 65.7 Å². The second kappa shape index (κ2) is 10.5. The van der Waals surface area contributed by atoms with E-state index in [2.05, 4.69) is 29.4 Å². The molecule has 0 aromatic heterocycles. The van der Waals surface area contributed by atoms with Gasteiger partial charge in [0.1, 0.15) is 0 Å². The first-order valence-electron chi connectivity index (χ1n) is 9.45. The normalized spacial score (nSPS) is 11.9. The second-order valence-electron chi connectivity index (χ2n) is 6.57. The summed E-state index contributed by atoms with van der Waals surface area (Å²) in [6.45, 7) is 8.69. The van der Waals surface area contributed by atoms with Crippen LogP contribution in [-0.4, -0.2) is 29.8 Å². The molecule has 2 amide bonds. The summed E-state index contributed by atoms with van der Waals surface area (Å²) in [6.07, 6.45) is 0.185. The van der Waals surface area contributed by atoms with Gasteiger partial charge in [-0.15, -0.1) is 0 Å². The smallest absolute Gasteiger partial charge is 0.226 e. The fourth-order valence-electron chi connectivity index (χ4n) is 2.98.